The number of hydrogen-bond donors (Lipinski definition) is 1. The van der Waals surface area contributed by atoms with E-state index in [9.17, 15) is 4.79 Å². The maximum Gasteiger partial charge on any atom is 0.253 e. The van der Waals surface area contributed by atoms with Crippen molar-refractivity contribution in [1.29, 1.82) is 0 Å². The molecular weight excluding hydrogens is 324 g/mol. The highest BCUT2D eigenvalue weighted by Gasteiger charge is 2.15. The van der Waals surface area contributed by atoms with Gasteiger partial charge in [0.2, 0.25) is 0 Å². The maximum atomic E-state index is 12.1. The van der Waals surface area contributed by atoms with Crippen LogP contribution in [0.5, 0.6) is 5.75 Å². The van der Waals surface area contributed by atoms with Crippen LogP contribution in [-0.2, 0) is 4.79 Å². The fraction of sp³-hybridized carbons (Fsp3) is 0.294. The van der Waals surface area contributed by atoms with Crippen LogP contribution in [0.1, 0.15) is 23.9 Å². The predicted molar refractivity (Wildman–Crippen MR) is 95.6 cm³/mol. The molecule has 1 aromatic carbocycles. The van der Waals surface area contributed by atoms with Crippen LogP contribution in [0.2, 0.25) is 0 Å². The number of thioether (sulfide) groups is 1. The minimum absolute atomic E-state index is 0.214. The van der Waals surface area contributed by atoms with Gasteiger partial charge < -0.3 is 4.74 Å². The molecule has 1 amide bonds. The van der Waals surface area contributed by atoms with Gasteiger partial charge in [0.15, 0.2) is 5.16 Å². The number of aromatic nitrogens is 2. The summed E-state index contributed by atoms with van der Waals surface area (Å²) in [5.74, 6) is 0.482. The highest BCUT2D eigenvalue weighted by molar-refractivity contribution is 8.00. The van der Waals surface area contributed by atoms with Crippen molar-refractivity contribution >= 4 is 23.9 Å². The fourth-order valence-electron chi connectivity index (χ4n) is 1.99. The molecule has 6 nitrogen and oxygen atoms in total. The lowest BCUT2D eigenvalue weighted by Crippen LogP contribution is -2.27. The van der Waals surface area contributed by atoms with Crippen molar-refractivity contribution < 1.29 is 9.53 Å². The average Bonchev–Trinajstić information content (AvgIpc) is 2.54. The van der Waals surface area contributed by atoms with Gasteiger partial charge in [-0.3, -0.25) is 4.79 Å². The van der Waals surface area contributed by atoms with Crippen molar-refractivity contribution in [2.24, 2.45) is 5.10 Å². The molecule has 1 atom stereocenters. The summed E-state index contributed by atoms with van der Waals surface area (Å²) >= 11 is 1.30. The van der Waals surface area contributed by atoms with Crippen molar-refractivity contribution in [2.75, 3.05) is 7.11 Å². The molecule has 0 saturated carbocycles. The van der Waals surface area contributed by atoms with Crippen LogP contribution in [0.3, 0.4) is 0 Å². The number of carbonyl (C=O) groups is 1. The van der Waals surface area contributed by atoms with Gasteiger partial charge in [-0.15, -0.1) is 0 Å². The molecule has 0 fully saturated rings. The third-order valence-electron chi connectivity index (χ3n) is 3.13. The minimum atomic E-state index is -0.360. The van der Waals surface area contributed by atoms with Crippen molar-refractivity contribution in [3.05, 3.63) is 47.3 Å². The van der Waals surface area contributed by atoms with Crippen molar-refractivity contribution in [1.82, 2.24) is 15.4 Å². The van der Waals surface area contributed by atoms with E-state index >= 15 is 0 Å². The summed E-state index contributed by atoms with van der Waals surface area (Å²) in [5, 5.41) is 4.22. The van der Waals surface area contributed by atoms with Gasteiger partial charge in [0.25, 0.3) is 5.91 Å². The van der Waals surface area contributed by atoms with Crippen molar-refractivity contribution in [3.8, 4) is 5.75 Å². The number of nitrogens with zero attached hydrogens (tertiary/aromatic N) is 3. The Hall–Kier alpha value is -2.41. The van der Waals surface area contributed by atoms with Gasteiger partial charge in [0, 0.05) is 17.0 Å². The zero-order valence-corrected chi connectivity index (χ0v) is 14.9. The van der Waals surface area contributed by atoms with Gasteiger partial charge in [0.1, 0.15) is 5.75 Å². The Morgan fingerprint density at radius 1 is 1.29 bits per heavy atom. The predicted octanol–water partition coefficient (Wildman–Crippen LogP) is 2.73. The van der Waals surface area contributed by atoms with Crippen LogP contribution in [0.15, 0.2) is 40.6 Å². The summed E-state index contributed by atoms with van der Waals surface area (Å²) in [7, 11) is 1.59. The number of para-hydroxylation sites is 1. The molecule has 0 bridgehead atoms. The number of hydrogen-bond acceptors (Lipinski definition) is 6. The number of benzene rings is 1. The number of aryl methyl sites for hydroxylation is 2. The minimum Gasteiger partial charge on any atom is -0.496 e. The van der Waals surface area contributed by atoms with Gasteiger partial charge in [-0.05, 0) is 39.0 Å². The standard InChI is InChI=1S/C17H20N4O2S/c1-11-9-12(2)20-17(19-11)24-13(3)16(22)21-18-10-14-7-5-6-8-15(14)23-4/h5-10,13H,1-4H3,(H,21,22). The monoisotopic (exact) mass is 344 g/mol. The molecule has 7 heteroatoms. The van der Waals surface area contributed by atoms with Crippen LogP contribution in [-0.4, -0.2) is 34.4 Å². The molecule has 0 saturated heterocycles. The number of hydrazone groups is 1. The van der Waals surface area contributed by atoms with E-state index in [2.05, 4.69) is 20.5 Å². The second-order valence-electron chi connectivity index (χ2n) is 5.17. The number of ether oxygens (including phenoxy) is 1. The fourth-order valence-corrected chi connectivity index (χ4v) is 2.86. The average molecular weight is 344 g/mol. The van der Waals surface area contributed by atoms with E-state index in [1.807, 2.05) is 44.2 Å². The molecule has 0 aliphatic heterocycles. The first-order chi connectivity index (χ1) is 11.5. The second-order valence-corrected chi connectivity index (χ2v) is 6.48. The molecule has 0 aliphatic rings. The van der Waals surface area contributed by atoms with E-state index in [-0.39, 0.29) is 11.2 Å². The Balaban J connectivity index is 1.95. The van der Waals surface area contributed by atoms with Crippen molar-refractivity contribution in [2.45, 2.75) is 31.2 Å². The maximum absolute atomic E-state index is 12.1. The first kappa shape index (κ1) is 17.9. The molecule has 2 aromatic rings. The summed E-state index contributed by atoms with van der Waals surface area (Å²) in [5.41, 5.74) is 5.08. The third kappa shape index (κ3) is 5.06. The third-order valence-corrected chi connectivity index (χ3v) is 4.09. The number of nitrogens with one attached hydrogen (secondary N) is 1. The normalized spacial score (nSPS) is 12.2. The van der Waals surface area contributed by atoms with Gasteiger partial charge in [-0.25, -0.2) is 15.4 Å². The molecule has 0 aliphatic carbocycles. The molecule has 24 heavy (non-hydrogen) atoms. The van der Waals surface area contributed by atoms with Gasteiger partial charge in [-0.1, -0.05) is 23.9 Å². The van der Waals surface area contributed by atoms with Crippen LogP contribution in [0, 0.1) is 13.8 Å². The van der Waals surface area contributed by atoms with E-state index in [0.29, 0.717) is 10.9 Å². The van der Waals surface area contributed by atoms with Crippen LogP contribution < -0.4 is 10.2 Å². The molecule has 1 heterocycles. The van der Waals surface area contributed by atoms with Gasteiger partial charge in [0.05, 0.1) is 18.6 Å². The Bertz CT molecular complexity index is 729. The highest BCUT2D eigenvalue weighted by Crippen LogP contribution is 2.20. The first-order valence-electron chi connectivity index (χ1n) is 7.44. The molecule has 0 spiro atoms. The van der Waals surface area contributed by atoms with Crippen LogP contribution >= 0.6 is 11.8 Å². The summed E-state index contributed by atoms with van der Waals surface area (Å²) in [6, 6.07) is 9.33. The van der Waals surface area contributed by atoms with E-state index in [1.165, 1.54) is 11.8 Å². The summed E-state index contributed by atoms with van der Waals surface area (Å²) < 4.78 is 5.23. The molecule has 0 radical (unpaired) electrons. The molecule has 126 valence electrons. The Labute approximate surface area is 145 Å². The van der Waals surface area contributed by atoms with Crippen molar-refractivity contribution in [3.63, 3.8) is 0 Å². The number of methoxy groups -OCH3 is 1. The molecule has 1 unspecified atom stereocenters. The Morgan fingerprint density at radius 2 is 1.96 bits per heavy atom. The first-order valence-corrected chi connectivity index (χ1v) is 8.32. The molecule has 1 N–H and O–H groups in total. The van der Waals surface area contributed by atoms with Gasteiger partial charge in [-0.2, -0.15) is 5.10 Å². The molecule has 2 rings (SSSR count). The Kier molecular flexibility index (Phi) is 6.31. The van der Waals surface area contributed by atoms with E-state index in [4.69, 9.17) is 4.74 Å². The summed E-state index contributed by atoms with van der Waals surface area (Å²) in [4.78, 5) is 20.8. The lowest BCUT2D eigenvalue weighted by Gasteiger charge is -2.09. The number of amides is 1. The van der Waals surface area contributed by atoms with E-state index in [0.717, 1.165) is 17.0 Å². The highest BCUT2D eigenvalue weighted by atomic mass is 32.2. The quantitative estimate of drug-likeness (QED) is 0.377. The van der Waals surface area contributed by atoms with Crippen LogP contribution in [0.4, 0.5) is 0 Å². The SMILES string of the molecule is COc1ccccc1C=NNC(=O)C(C)Sc1nc(C)cc(C)n1. The smallest absolute Gasteiger partial charge is 0.253 e. The lowest BCUT2D eigenvalue weighted by atomic mass is 10.2. The molecule has 1 aromatic heterocycles. The summed E-state index contributed by atoms with van der Waals surface area (Å²) in [6.45, 7) is 5.60. The van der Waals surface area contributed by atoms with E-state index < -0.39 is 0 Å². The zero-order valence-electron chi connectivity index (χ0n) is 14.1. The largest absolute Gasteiger partial charge is 0.496 e. The zero-order chi connectivity index (χ0) is 17.5. The molecular formula is C17H20N4O2S. The Morgan fingerprint density at radius 3 is 2.62 bits per heavy atom. The number of rotatable bonds is 6. The number of carbonyl (C=O) groups excluding carboxylic acids is 1. The van der Waals surface area contributed by atoms with Crippen LogP contribution in [0.25, 0.3) is 0 Å². The summed E-state index contributed by atoms with van der Waals surface area (Å²) in [6.07, 6.45) is 1.56. The lowest BCUT2D eigenvalue weighted by molar-refractivity contribution is -0.120. The second kappa shape index (κ2) is 8.44. The topological polar surface area (TPSA) is 76.5 Å². The van der Waals surface area contributed by atoms with Gasteiger partial charge >= 0.3 is 0 Å². The van der Waals surface area contributed by atoms with E-state index in [1.54, 1.807) is 20.2 Å².